The molecule has 1 heteroatoms. The molecular formula is C17H35N. The molecule has 0 saturated heterocycles. The number of nitrogens with two attached hydrogens (primary N) is 1. The molecule has 2 N–H and O–H groups in total. The van der Waals surface area contributed by atoms with Gasteiger partial charge in [-0.05, 0) is 11.8 Å². The fourth-order valence-electron chi connectivity index (χ4n) is 2.38. The van der Waals surface area contributed by atoms with E-state index in [9.17, 15) is 0 Å². The fourth-order valence-corrected chi connectivity index (χ4v) is 2.38. The standard InChI is InChI=1S/C17H35N/c1-5-7-8-9-10-11-12-13-14-15-17(3,4)16(18)6-2/h6,16H,2,5,7-15,18H2,1,3-4H3. The fraction of sp³-hybridized carbons (Fsp3) is 0.882. The average Bonchev–Trinajstić information content (AvgIpc) is 2.35. The van der Waals surface area contributed by atoms with Crippen LogP contribution >= 0.6 is 0 Å². The summed E-state index contributed by atoms with van der Waals surface area (Å²) < 4.78 is 0. The van der Waals surface area contributed by atoms with Crippen LogP contribution in [0.4, 0.5) is 0 Å². The Morgan fingerprint density at radius 3 is 1.83 bits per heavy atom. The van der Waals surface area contributed by atoms with Crippen molar-refractivity contribution in [2.45, 2.75) is 91.0 Å². The largest absolute Gasteiger partial charge is 0.324 e. The van der Waals surface area contributed by atoms with Crippen molar-refractivity contribution in [3.05, 3.63) is 12.7 Å². The first-order valence-electron chi connectivity index (χ1n) is 7.92. The summed E-state index contributed by atoms with van der Waals surface area (Å²) in [6.45, 7) is 10.6. The molecule has 0 heterocycles. The monoisotopic (exact) mass is 253 g/mol. The Hall–Kier alpha value is -0.300. The zero-order valence-corrected chi connectivity index (χ0v) is 13.0. The van der Waals surface area contributed by atoms with E-state index in [0.29, 0.717) is 0 Å². The smallest absolute Gasteiger partial charge is 0.0273 e. The van der Waals surface area contributed by atoms with E-state index < -0.39 is 0 Å². The second kappa shape index (κ2) is 10.6. The summed E-state index contributed by atoms with van der Waals surface area (Å²) in [6.07, 6.45) is 15.6. The van der Waals surface area contributed by atoms with Gasteiger partial charge in [0.2, 0.25) is 0 Å². The molecule has 0 radical (unpaired) electrons. The summed E-state index contributed by atoms with van der Waals surface area (Å²) in [5.41, 5.74) is 6.25. The van der Waals surface area contributed by atoms with Crippen molar-refractivity contribution in [3.8, 4) is 0 Å². The quantitative estimate of drug-likeness (QED) is 0.363. The molecule has 108 valence electrons. The summed E-state index contributed by atoms with van der Waals surface area (Å²) in [5, 5.41) is 0. The molecule has 0 saturated carbocycles. The number of rotatable bonds is 12. The first-order chi connectivity index (χ1) is 8.54. The van der Waals surface area contributed by atoms with E-state index in [1.54, 1.807) is 0 Å². The Kier molecular flexibility index (Phi) is 10.4. The van der Waals surface area contributed by atoms with Crippen LogP contribution in [0.5, 0.6) is 0 Å². The van der Waals surface area contributed by atoms with Gasteiger partial charge in [-0.15, -0.1) is 6.58 Å². The van der Waals surface area contributed by atoms with Gasteiger partial charge in [0.25, 0.3) is 0 Å². The van der Waals surface area contributed by atoms with Crippen LogP contribution in [0.25, 0.3) is 0 Å². The van der Waals surface area contributed by atoms with Gasteiger partial charge in [-0.2, -0.15) is 0 Å². The Labute approximate surface area is 115 Å². The Bertz CT molecular complexity index is 196. The maximum atomic E-state index is 6.04. The molecule has 0 amide bonds. The molecule has 0 aliphatic rings. The minimum atomic E-state index is 0.131. The summed E-state index contributed by atoms with van der Waals surface area (Å²) in [5.74, 6) is 0. The van der Waals surface area contributed by atoms with Crippen molar-refractivity contribution in [1.29, 1.82) is 0 Å². The van der Waals surface area contributed by atoms with E-state index in [2.05, 4.69) is 27.4 Å². The van der Waals surface area contributed by atoms with Crippen LogP contribution < -0.4 is 5.73 Å². The lowest BCUT2D eigenvalue weighted by atomic mass is 9.80. The molecule has 1 unspecified atom stereocenters. The third-order valence-electron chi connectivity index (χ3n) is 4.08. The lowest BCUT2D eigenvalue weighted by Crippen LogP contribution is -2.35. The summed E-state index contributed by atoms with van der Waals surface area (Å²) in [6, 6.07) is 0.131. The van der Waals surface area contributed by atoms with E-state index in [1.165, 1.54) is 64.2 Å². The van der Waals surface area contributed by atoms with Crippen molar-refractivity contribution < 1.29 is 0 Å². The van der Waals surface area contributed by atoms with Gasteiger partial charge in [0, 0.05) is 6.04 Å². The lowest BCUT2D eigenvalue weighted by molar-refractivity contribution is 0.285. The van der Waals surface area contributed by atoms with Crippen molar-refractivity contribution in [3.63, 3.8) is 0 Å². The highest BCUT2D eigenvalue weighted by Crippen LogP contribution is 2.27. The van der Waals surface area contributed by atoms with E-state index in [4.69, 9.17) is 5.73 Å². The zero-order valence-electron chi connectivity index (χ0n) is 13.0. The van der Waals surface area contributed by atoms with E-state index in [-0.39, 0.29) is 11.5 Å². The van der Waals surface area contributed by atoms with Crippen LogP contribution in [-0.4, -0.2) is 6.04 Å². The highest BCUT2D eigenvalue weighted by Gasteiger charge is 2.23. The van der Waals surface area contributed by atoms with Crippen molar-refractivity contribution in [1.82, 2.24) is 0 Å². The van der Waals surface area contributed by atoms with Crippen LogP contribution in [0.15, 0.2) is 12.7 Å². The van der Waals surface area contributed by atoms with Gasteiger partial charge >= 0.3 is 0 Å². The Morgan fingerprint density at radius 2 is 1.39 bits per heavy atom. The molecule has 0 aliphatic heterocycles. The highest BCUT2D eigenvalue weighted by atomic mass is 14.7. The number of hydrogen-bond acceptors (Lipinski definition) is 1. The Balaban J connectivity index is 3.37. The van der Waals surface area contributed by atoms with Gasteiger partial charge in [-0.3, -0.25) is 0 Å². The van der Waals surface area contributed by atoms with Crippen molar-refractivity contribution in [2.24, 2.45) is 11.1 Å². The van der Waals surface area contributed by atoms with Crippen LogP contribution in [0.2, 0.25) is 0 Å². The number of unbranched alkanes of at least 4 members (excludes halogenated alkanes) is 8. The van der Waals surface area contributed by atoms with Gasteiger partial charge in [-0.1, -0.05) is 84.6 Å². The van der Waals surface area contributed by atoms with Crippen LogP contribution in [0.3, 0.4) is 0 Å². The van der Waals surface area contributed by atoms with Gasteiger partial charge in [0.15, 0.2) is 0 Å². The first-order valence-corrected chi connectivity index (χ1v) is 7.92. The maximum Gasteiger partial charge on any atom is 0.0273 e. The summed E-state index contributed by atoms with van der Waals surface area (Å²) in [7, 11) is 0. The third-order valence-corrected chi connectivity index (χ3v) is 4.08. The zero-order chi connectivity index (χ0) is 13.9. The van der Waals surface area contributed by atoms with E-state index in [1.807, 2.05) is 6.08 Å². The van der Waals surface area contributed by atoms with E-state index in [0.717, 1.165) is 0 Å². The summed E-state index contributed by atoms with van der Waals surface area (Å²) >= 11 is 0. The summed E-state index contributed by atoms with van der Waals surface area (Å²) in [4.78, 5) is 0. The molecule has 0 aromatic rings. The van der Waals surface area contributed by atoms with E-state index >= 15 is 0 Å². The maximum absolute atomic E-state index is 6.04. The van der Waals surface area contributed by atoms with Crippen molar-refractivity contribution >= 4 is 0 Å². The van der Waals surface area contributed by atoms with Crippen molar-refractivity contribution in [2.75, 3.05) is 0 Å². The second-order valence-corrected chi connectivity index (χ2v) is 6.33. The molecule has 0 aromatic heterocycles. The molecular weight excluding hydrogens is 218 g/mol. The second-order valence-electron chi connectivity index (χ2n) is 6.33. The molecule has 1 atom stereocenters. The van der Waals surface area contributed by atoms with Crippen LogP contribution in [0.1, 0.15) is 85.0 Å². The van der Waals surface area contributed by atoms with Gasteiger partial charge in [0.05, 0.1) is 0 Å². The average molecular weight is 253 g/mol. The SMILES string of the molecule is C=CC(N)C(C)(C)CCCCCCCCCCC. The van der Waals surface area contributed by atoms with Crippen LogP contribution in [0, 0.1) is 5.41 Å². The predicted octanol–water partition coefficient (Wildman–Crippen LogP) is 5.45. The molecule has 18 heavy (non-hydrogen) atoms. The molecule has 0 aromatic carbocycles. The molecule has 0 bridgehead atoms. The minimum absolute atomic E-state index is 0.131. The van der Waals surface area contributed by atoms with Gasteiger partial charge in [0.1, 0.15) is 0 Å². The first kappa shape index (κ1) is 17.7. The molecule has 0 rings (SSSR count). The molecule has 0 fully saturated rings. The van der Waals surface area contributed by atoms with Gasteiger partial charge in [-0.25, -0.2) is 0 Å². The molecule has 0 aliphatic carbocycles. The highest BCUT2D eigenvalue weighted by molar-refractivity contribution is 4.93. The Morgan fingerprint density at radius 1 is 0.944 bits per heavy atom. The molecule has 0 spiro atoms. The van der Waals surface area contributed by atoms with Crippen LogP contribution in [-0.2, 0) is 0 Å². The lowest BCUT2D eigenvalue weighted by Gasteiger charge is -2.29. The molecule has 1 nitrogen and oxygen atoms in total. The normalized spacial score (nSPS) is 13.6. The number of hydrogen-bond donors (Lipinski definition) is 1. The predicted molar refractivity (Wildman–Crippen MR) is 83.8 cm³/mol. The van der Waals surface area contributed by atoms with Gasteiger partial charge < -0.3 is 5.73 Å². The minimum Gasteiger partial charge on any atom is -0.324 e. The topological polar surface area (TPSA) is 26.0 Å². The third kappa shape index (κ3) is 8.74.